The van der Waals surface area contributed by atoms with Gasteiger partial charge >= 0.3 is 0 Å². The third-order valence-corrected chi connectivity index (χ3v) is 6.08. The third kappa shape index (κ3) is 4.82. The molecule has 1 aromatic heterocycles. The number of nitrogens with zero attached hydrogens (tertiary/aromatic N) is 2. The Morgan fingerprint density at radius 3 is 2.58 bits per heavy atom. The van der Waals surface area contributed by atoms with Gasteiger partial charge in [0, 0.05) is 24.4 Å². The molecule has 6 nitrogen and oxygen atoms in total. The molecule has 2 aromatic carbocycles. The Bertz CT molecular complexity index is 1210. The Labute approximate surface area is 192 Å². The molecule has 0 aliphatic carbocycles. The molecule has 2 amide bonds. The molecular formula is C26H28FN3O3. The highest BCUT2D eigenvalue weighted by Crippen LogP contribution is 2.32. The molecule has 0 unspecified atom stereocenters. The number of carbonyl (C=O) groups is 2. The summed E-state index contributed by atoms with van der Waals surface area (Å²) in [6.45, 7) is 6.51. The largest absolute Gasteiger partial charge is 0.478 e. The standard InChI is InChI=1S/C26H28FN3O3/c1-16-6-9-20(10-7-16)33-26(2,3)25(32)30-12-4-5-17(15-30)23-21(24(28)31)14-18-13-19(27)8-11-22(18)29-23/h6-11,13-14,17H,4-5,12,15H2,1-3H3,(H2,28,31)/t17-/m0/s1. The SMILES string of the molecule is Cc1ccc(OC(C)(C)C(=O)N2CCC[C@H](c3nc4ccc(F)cc4cc3C(N)=O)C2)cc1. The van der Waals surface area contributed by atoms with Gasteiger partial charge in [-0.2, -0.15) is 0 Å². The summed E-state index contributed by atoms with van der Waals surface area (Å²) in [7, 11) is 0. The van der Waals surface area contributed by atoms with Crippen LogP contribution in [0.3, 0.4) is 0 Å². The maximum atomic E-state index is 13.7. The van der Waals surface area contributed by atoms with Crippen molar-refractivity contribution in [3.05, 3.63) is 71.2 Å². The lowest BCUT2D eigenvalue weighted by Gasteiger charge is -2.37. The van der Waals surface area contributed by atoms with Gasteiger partial charge in [0.2, 0.25) is 0 Å². The number of primary amides is 1. The number of hydrogen-bond donors (Lipinski definition) is 1. The molecule has 2 heterocycles. The number of amides is 2. The van der Waals surface area contributed by atoms with E-state index in [9.17, 15) is 14.0 Å². The molecular weight excluding hydrogens is 421 g/mol. The molecule has 0 bridgehead atoms. The van der Waals surface area contributed by atoms with Gasteiger partial charge in [-0.15, -0.1) is 0 Å². The molecule has 0 radical (unpaired) electrons. The minimum absolute atomic E-state index is 0.128. The Kier molecular flexibility index (Phi) is 6.06. The number of likely N-dealkylation sites (tertiary alicyclic amines) is 1. The van der Waals surface area contributed by atoms with Crippen molar-refractivity contribution in [2.75, 3.05) is 13.1 Å². The first kappa shape index (κ1) is 22.7. The van der Waals surface area contributed by atoms with E-state index in [0.717, 1.165) is 18.4 Å². The maximum Gasteiger partial charge on any atom is 0.266 e. The van der Waals surface area contributed by atoms with Crippen LogP contribution in [0, 0.1) is 12.7 Å². The van der Waals surface area contributed by atoms with Crippen molar-refractivity contribution in [3.63, 3.8) is 0 Å². The van der Waals surface area contributed by atoms with Gasteiger partial charge in [-0.25, -0.2) is 4.39 Å². The number of fused-ring (bicyclic) bond motifs is 1. The van der Waals surface area contributed by atoms with Gasteiger partial charge in [-0.1, -0.05) is 17.7 Å². The number of piperidine rings is 1. The quantitative estimate of drug-likeness (QED) is 0.628. The van der Waals surface area contributed by atoms with Gasteiger partial charge in [0.25, 0.3) is 11.8 Å². The lowest BCUT2D eigenvalue weighted by Crippen LogP contribution is -2.51. The van der Waals surface area contributed by atoms with Crippen LogP contribution in [-0.2, 0) is 4.79 Å². The Morgan fingerprint density at radius 2 is 1.88 bits per heavy atom. The first-order valence-corrected chi connectivity index (χ1v) is 11.1. The van der Waals surface area contributed by atoms with Crippen LogP contribution in [0.15, 0.2) is 48.5 Å². The highest BCUT2D eigenvalue weighted by molar-refractivity contribution is 5.98. The number of aryl methyl sites for hydroxylation is 1. The number of carbonyl (C=O) groups excluding carboxylic acids is 2. The van der Waals surface area contributed by atoms with Crippen LogP contribution in [0.5, 0.6) is 5.75 Å². The van der Waals surface area contributed by atoms with Crippen LogP contribution in [0.1, 0.15) is 54.2 Å². The van der Waals surface area contributed by atoms with Gasteiger partial charge in [0.1, 0.15) is 11.6 Å². The minimum Gasteiger partial charge on any atom is -0.478 e. The highest BCUT2D eigenvalue weighted by Gasteiger charge is 2.37. The van der Waals surface area contributed by atoms with Crippen molar-refractivity contribution in [1.82, 2.24) is 9.88 Å². The average Bonchev–Trinajstić information content (AvgIpc) is 2.79. The summed E-state index contributed by atoms with van der Waals surface area (Å²) in [6, 6.07) is 13.4. The zero-order valence-electron chi connectivity index (χ0n) is 19.1. The fourth-order valence-corrected chi connectivity index (χ4v) is 4.38. The van der Waals surface area contributed by atoms with Crippen molar-refractivity contribution < 1.29 is 18.7 Å². The van der Waals surface area contributed by atoms with Crippen LogP contribution < -0.4 is 10.5 Å². The number of benzene rings is 2. The fourth-order valence-electron chi connectivity index (χ4n) is 4.38. The van der Waals surface area contributed by atoms with E-state index < -0.39 is 17.3 Å². The second-order valence-corrected chi connectivity index (χ2v) is 9.14. The molecule has 2 N–H and O–H groups in total. The predicted molar refractivity (Wildman–Crippen MR) is 125 cm³/mol. The molecule has 1 fully saturated rings. The van der Waals surface area contributed by atoms with Crippen LogP contribution in [0.4, 0.5) is 4.39 Å². The molecule has 7 heteroatoms. The number of hydrogen-bond acceptors (Lipinski definition) is 4. The number of nitrogens with two attached hydrogens (primary N) is 1. The van der Waals surface area contributed by atoms with Crippen molar-refractivity contribution in [1.29, 1.82) is 0 Å². The molecule has 3 aromatic rings. The zero-order valence-corrected chi connectivity index (χ0v) is 19.1. The van der Waals surface area contributed by atoms with Crippen LogP contribution in [-0.4, -0.2) is 40.4 Å². The van der Waals surface area contributed by atoms with Gasteiger partial charge in [0.15, 0.2) is 5.60 Å². The van der Waals surface area contributed by atoms with Gasteiger partial charge in [-0.05, 0) is 70.0 Å². The molecule has 1 aliphatic rings. The monoisotopic (exact) mass is 449 g/mol. The van der Waals surface area contributed by atoms with Crippen molar-refractivity contribution in [2.45, 2.75) is 45.1 Å². The average molecular weight is 450 g/mol. The number of pyridine rings is 1. The summed E-state index contributed by atoms with van der Waals surface area (Å²) >= 11 is 0. The van der Waals surface area contributed by atoms with Gasteiger partial charge in [-0.3, -0.25) is 14.6 Å². The van der Waals surface area contributed by atoms with E-state index in [-0.39, 0.29) is 17.4 Å². The van der Waals surface area contributed by atoms with Gasteiger partial charge < -0.3 is 15.4 Å². The summed E-state index contributed by atoms with van der Waals surface area (Å²) in [5, 5.41) is 0.518. The Balaban J connectivity index is 1.59. The molecule has 0 saturated carbocycles. The Morgan fingerprint density at radius 1 is 1.15 bits per heavy atom. The zero-order chi connectivity index (χ0) is 23.8. The van der Waals surface area contributed by atoms with E-state index in [2.05, 4.69) is 4.98 Å². The van der Waals surface area contributed by atoms with E-state index in [1.54, 1.807) is 30.9 Å². The van der Waals surface area contributed by atoms with Crippen LogP contribution >= 0.6 is 0 Å². The molecule has 33 heavy (non-hydrogen) atoms. The molecule has 1 atom stereocenters. The van der Waals surface area contributed by atoms with Crippen molar-refractivity contribution in [3.8, 4) is 5.75 Å². The van der Waals surface area contributed by atoms with E-state index in [4.69, 9.17) is 10.5 Å². The van der Waals surface area contributed by atoms with E-state index in [1.807, 2.05) is 31.2 Å². The van der Waals surface area contributed by atoms with Crippen molar-refractivity contribution >= 4 is 22.7 Å². The minimum atomic E-state index is -1.06. The third-order valence-electron chi connectivity index (χ3n) is 6.08. The summed E-state index contributed by atoms with van der Waals surface area (Å²) in [4.78, 5) is 32.0. The lowest BCUT2D eigenvalue weighted by atomic mass is 9.89. The molecule has 0 spiro atoms. The predicted octanol–water partition coefficient (Wildman–Crippen LogP) is 4.34. The van der Waals surface area contributed by atoms with Gasteiger partial charge in [0.05, 0.1) is 16.8 Å². The molecule has 1 aliphatic heterocycles. The Hall–Kier alpha value is -3.48. The summed E-state index contributed by atoms with van der Waals surface area (Å²) < 4.78 is 19.7. The summed E-state index contributed by atoms with van der Waals surface area (Å²) in [5.74, 6) is -0.675. The number of halogens is 1. The van der Waals surface area contributed by atoms with Crippen LogP contribution in [0.2, 0.25) is 0 Å². The number of aromatic nitrogens is 1. The first-order chi connectivity index (χ1) is 15.6. The first-order valence-electron chi connectivity index (χ1n) is 11.1. The highest BCUT2D eigenvalue weighted by atomic mass is 19.1. The smallest absolute Gasteiger partial charge is 0.266 e. The topological polar surface area (TPSA) is 85.5 Å². The van der Waals surface area contributed by atoms with E-state index in [1.165, 1.54) is 12.1 Å². The second-order valence-electron chi connectivity index (χ2n) is 9.14. The van der Waals surface area contributed by atoms with E-state index in [0.29, 0.717) is 35.4 Å². The molecule has 4 rings (SSSR count). The van der Waals surface area contributed by atoms with Crippen LogP contribution in [0.25, 0.3) is 10.9 Å². The van der Waals surface area contributed by atoms with Crippen molar-refractivity contribution in [2.24, 2.45) is 5.73 Å². The summed E-state index contributed by atoms with van der Waals surface area (Å²) in [5.41, 5.74) is 7.10. The maximum absolute atomic E-state index is 13.7. The normalized spacial score (nSPS) is 16.6. The molecule has 172 valence electrons. The number of ether oxygens (including phenoxy) is 1. The lowest BCUT2D eigenvalue weighted by molar-refractivity contribution is -0.146. The number of rotatable bonds is 5. The van der Waals surface area contributed by atoms with E-state index >= 15 is 0 Å². The fraction of sp³-hybridized carbons (Fsp3) is 0.346. The molecule has 1 saturated heterocycles. The second kappa shape index (κ2) is 8.81. The summed E-state index contributed by atoms with van der Waals surface area (Å²) in [6.07, 6.45) is 1.53.